The summed E-state index contributed by atoms with van der Waals surface area (Å²) in [6, 6.07) is 5.79. The Morgan fingerprint density at radius 3 is 2.06 bits per heavy atom. The van der Waals surface area contributed by atoms with Gasteiger partial charge in [-0.1, -0.05) is 38.0 Å². The van der Waals surface area contributed by atoms with Gasteiger partial charge in [-0.3, -0.25) is 28.9 Å². The summed E-state index contributed by atoms with van der Waals surface area (Å²) >= 11 is 0. The first kappa shape index (κ1) is 26.8. The van der Waals surface area contributed by atoms with Gasteiger partial charge >= 0.3 is 0 Å². The Morgan fingerprint density at radius 1 is 0.853 bits per heavy atom. The molecule has 1 aromatic carbocycles. The van der Waals surface area contributed by atoms with E-state index in [-0.39, 0.29) is 36.0 Å². The topological polar surface area (TPSA) is 125 Å². The summed E-state index contributed by atoms with van der Waals surface area (Å²) in [7, 11) is 0. The van der Waals surface area contributed by atoms with Gasteiger partial charge in [-0.2, -0.15) is 0 Å². The van der Waals surface area contributed by atoms with Crippen LogP contribution in [0.3, 0.4) is 0 Å². The molecule has 0 bridgehead atoms. The normalized spacial score (nSPS) is 14.8. The van der Waals surface area contributed by atoms with Crippen molar-refractivity contribution in [3.05, 3.63) is 42.0 Å². The Labute approximate surface area is 200 Å². The average Bonchev–Trinajstić information content (AvgIpc) is 3.10. The highest BCUT2D eigenvalue weighted by Crippen LogP contribution is 2.10. The number of carbonyl (C=O) groups is 5. The van der Waals surface area contributed by atoms with Crippen LogP contribution in [0.4, 0.5) is 5.69 Å². The fourth-order valence-electron chi connectivity index (χ4n) is 3.42. The lowest BCUT2D eigenvalue weighted by molar-refractivity contribution is -0.137. The van der Waals surface area contributed by atoms with Crippen LogP contribution in [-0.2, 0) is 24.0 Å². The van der Waals surface area contributed by atoms with Crippen molar-refractivity contribution in [2.45, 2.75) is 65.5 Å². The summed E-state index contributed by atoms with van der Waals surface area (Å²) in [4.78, 5) is 61.7. The van der Waals surface area contributed by atoms with E-state index in [1.165, 1.54) is 17.1 Å². The second-order valence-corrected chi connectivity index (χ2v) is 8.85. The number of imide groups is 1. The van der Waals surface area contributed by atoms with E-state index >= 15 is 0 Å². The third kappa shape index (κ3) is 8.13. The number of nitrogens with zero attached hydrogens (tertiary/aromatic N) is 1. The lowest BCUT2D eigenvalue weighted by Crippen LogP contribution is -2.53. The Kier molecular flexibility index (Phi) is 9.97. The summed E-state index contributed by atoms with van der Waals surface area (Å²) in [5, 5.41) is 8.18. The van der Waals surface area contributed by atoms with Crippen LogP contribution < -0.4 is 16.0 Å². The van der Waals surface area contributed by atoms with E-state index in [9.17, 15) is 24.0 Å². The number of carbonyl (C=O) groups excluding carboxylic acids is 5. The van der Waals surface area contributed by atoms with Gasteiger partial charge in [0.05, 0.1) is 0 Å². The first-order chi connectivity index (χ1) is 16.1. The molecular weight excluding hydrogens is 436 g/mol. The van der Waals surface area contributed by atoms with Crippen LogP contribution in [0.15, 0.2) is 36.4 Å². The molecule has 3 N–H and O–H groups in total. The SMILES string of the molecule is Cc1ccc(NC(=O)[C@H](C)NC(=O)C(NC(=O)CCCCCN2C(=O)C=CC2=O)C(C)C)cc1. The summed E-state index contributed by atoms with van der Waals surface area (Å²) in [6.45, 7) is 7.50. The summed E-state index contributed by atoms with van der Waals surface area (Å²) in [5.41, 5.74) is 1.71. The molecule has 2 atom stereocenters. The largest absolute Gasteiger partial charge is 0.344 e. The lowest BCUT2D eigenvalue weighted by Gasteiger charge is -2.24. The molecule has 5 amide bonds. The molecule has 0 aromatic heterocycles. The van der Waals surface area contributed by atoms with Crippen molar-refractivity contribution >= 4 is 35.2 Å². The molecule has 9 heteroatoms. The fraction of sp³-hybridized carbons (Fsp3) is 0.480. The molecule has 184 valence electrons. The minimum Gasteiger partial charge on any atom is -0.344 e. The van der Waals surface area contributed by atoms with Crippen LogP contribution in [0.1, 0.15) is 52.0 Å². The second-order valence-electron chi connectivity index (χ2n) is 8.85. The number of benzene rings is 1. The van der Waals surface area contributed by atoms with Crippen molar-refractivity contribution in [1.82, 2.24) is 15.5 Å². The van der Waals surface area contributed by atoms with E-state index in [0.717, 1.165) is 5.56 Å². The lowest BCUT2D eigenvalue weighted by atomic mass is 10.0. The molecule has 1 aliphatic heterocycles. The van der Waals surface area contributed by atoms with Crippen molar-refractivity contribution in [3.8, 4) is 0 Å². The predicted octanol–water partition coefficient (Wildman–Crippen LogP) is 2.06. The highest BCUT2D eigenvalue weighted by Gasteiger charge is 2.27. The van der Waals surface area contributed by atoms with E-state index in [2.05, 4.69) is 16.0 Å². The fourth-order valence-corrected chi connectivity index (χ4v) is 3.42. The monoisotopic (exact) mass is 470 g/mol. The van der Waals surface area contributed by atoms with E-state index in [0.29, 0.717) is 31.5 Å². The number of unbranched alkanes of at least 4 members (excludes halogenated alkanes) is 2. The third-order valence-corrected chi connectivity index (χ3v) is 5.52. The number of rotatable bonds is 12. The maximum Gasteiger partial charge on any atom is 0.253 e. The molecule has 0 saturated carbocycles. The third-order valence-electron chi connectivity index (χ3n) is 5.52. The zero-order chi connectivity index (χ0) is 25.3. The zero-order valence-corrected chi connectivity index (χ0v) is 20.2. The molecule has 34 heavy (non-hydrogen) atoms. The maximum atomic E-state index is 12.7. The molecule has 1 aliphatic rings. The molecule has 2 rings (SSSR count). The Morgan fingerprint density at radius 2 is 1.47 bits per heavy atom. The number of amides is 5. The van der Waals surface area contributed by atoms with E-state index in [1.54, 1.807) is 19.1 Å². The summed E-state index contributed by atoms with van der Waals surface area (Å²) < 4.78 is 0. The van der Waals surface area contributed by atoms with Gasteiger partial charge in [-0.15, -0.1) is 0 Å². The first-order valence-electron chi connectivity index (χ1n) is 11.6. The minimum absolute atomic E-state index is 0.170. The number of aryl methyl sites for hydroxylation is 1. The van der Waals surface area contributed by atoms with Gasteiger partial charge in [0.1, 0.15) is 12.1 Å². The molecule has 0 saturated heterocycles. The minimum atomic E-state index is -0.780. The van der Waals surface area contributed by atoms with Crippen LogP contribution in [0, 0.1) is 12.8 Å². The van der Waals surface area contributed by atoms with Crippen LogP contribution in [0.25, 0.3) is 0 Å². The molecular formula is C25H34N4O5. The van der Waals surface area contributed by atoms with E-state index in [4.69, 9.17) is 0 Å². The van der Waals surface area contributed by atoms with Gasteiger partial charge in [0, 0.05) is 30.8 Å². The second kappa shape index (κ2) is 12.7. The Hall–Kier alpha value is -3.49. The number of hydrogen-bond donors (Lipinski definition) is 3. The molecule has 9 nitrogen and oxygen atoms in total. The number of anilines is 1. The van der Waals surface area contributed by atoms with Crippen molar-refractivity contribution in [2.24, 2.45) is 5.92 Å². The van der Waals surface area contributed by atoms with Crippen LogP contribution in [0.5, 0.6) is 0 Å². The first-order valence-corrected chi connectivity index (χ1v) is 11.6. The molecule has 0 aliphatic carbocycles. The number of hydrogen-bond acceptors (Lipinski definition) is 5. The Bertz CT molecular complexity index is 921. The molecule has 1 heterocycles. The number of nitrogens with one attached hydrogen (secondary N) is 3. The highest BCUT2D eigenvalue weighted by atomic mass is 16.2. The van der Waals surface area contributed by atoms with Crippen LogP contribution >= 0.6 is 0 Å². The van der Waals surface area contributed by atoms with Crippen molar-refractivity contribution < 1.29 is 24.0 Å². The predicted molar refractivity (Wildman–Crippen MR) is 129 cm³/mol. The molecule has 0 spiro atoms. The zero-order valence-electron chi connectivity index (χ0n) is 20.2. The highest BCUT2D eigenvalue weighted by molar-refractivity contribution is 6.12. The quantitative estimate of drug-likeness (QED) is 0.319. The summed E-state index contributed by atoms with van der Waals surface area (Å²) in [5.74, 6) is -1.83. The standard InChI is InChI=1S/C25H34N4O5/c1-16(2)23(25(34)26-18(4)24(33)27-19-11-9-17(3)10-12-19)28-20(30)8-6-5-7-15-29-21(31)13-14-22(29)32/h9-14,16,18,23H,5-8,15H2,1-4H3,(H,26,34)(H,27,33)(H,28,30)/t18-,23?/m0/s1. The van der Waals surface area contributed by atoms with Gasteiger partial charge in [0.15, 0.2) is 0 Å². The molecule has 0 radical (unpaired) electrons. The average molecular weight is 471 g/mol. The van der Waals surface area contributed by atoms with Gasteiger partial charge in [0.2, 0.25) is 17.7 Å². The van der Waals surface area contributed by atoms with E-state index < -0.39 is 18.0 Å². The van der Waals surface area contributed by atoms with Crippen molar-refractivity contribution in [1.29, 1.82) is 0 Å². The smallest absolute Gasteiger partial charge is 0.253 e. The van der Waals surface area contributed by atoms with Crippen LogP contribution in [0.2, 0.25) is 0 Å². The van der Waals surface area contributed by atoms with Crippen molar-refractivity contribution in [2.75, 3.05) is 11.9 Å². The van der Waals surface area contributed by atoms with E-state index in [1.807, 2.05) is 32.9 Å². The summed E-state index contributed by atoms with van der Waals surface area (Å²) in [6.07, 6.45) is 4.56. The van der Waals surface area contributed by atoms with Gasteiger partial charge in [0.25, 0.3) is 11.8 Å². The van der Waals surface area contributed by atoms with Gasteiger partial charge in [-0.05, 0) is 44.7 Å². The Balaban J connectivity index is 1.74. The van der Waals surface area contributed by atoms with Gasteiger partial charge in [-0.25, -0.2) is 0 Å². The van der Waals surface area contributed by atoms with Gasteiger partial charge < -0.3 is 16.0 Å². The maximum absolute atomic E-state index is 12.7. The molecule has 1 aromatic rings. The van der Waals surface area contributed by atoms with Crippen molar-refractivity contribution in [3.63, 3.8) is 0 Å². The molecule has 1 unspecified atom stereocenters. The molecule has 0 fully saturated rings. The van der Waals surface area contributed by atoms with Crippen LogP contribution in [-0.4, -0.2) is 53.1 Å².